The molecular weight excluding hydrogens is 366 g/mol. The highest BCUT2D eigenvalue weighted by Crippen LogP contribution is 2.29. The summed E-state index contributed by atoms with van der Waals surface area (Å²) in [5, 5.41) is 10.2. The maximum absolute atomic E-state index is 12.4. The van der Waals surface area contributed by atoms with Crippen molar-refractivity contribution in [3.63, 3.8) is 0 Å². The molecule has 0 saturated heterocycles. The summed E-state index contributed by atoms with van der Waals surface area (Å²) in [6, 6.07) is 13.9. The van der Waals surface area contributed by atoms with Gasteiger partial charge in [-0.25, -0.2) is 4.68 Å². The number of carbonyl (C=O) groups excluding carboxylic acids is 2. The lowest BCUT2D eigenvalue weighted by molar-refractivity contribution is -0.123. The minimum Gasteiger partial charge on any atom is -0.325 e. The first-order valence-corrected chi connectivity index (χ1v) is 8.78. The van der Waals surface area contributed by atoms with Crippen LogP contribution in [0.5, 0.6) is 0 Å². The number of benzene rings is 2. The number of amides is 2. The molecule has 0 bridgehead atoms. The number of hydrogen-bond acceptors (Lipinski definition) is 4. The van der Waals surface area contributed by atoms with Crippen molar-refractivity contribution in [3.05, 3.63) is 59.1 Å². The van der Waals surface area contributed by atoms with E-state index in [1.54, 1.807) is 24.3 Å². The Bertz CT molecular complexity index is 1030. The summed E-state index contributed by atoms with van der Waals surface area (Å²) < 4.78 is 1.46. The number of nitrogens with one attached hydrogen (secondary N) is 2. The summed E-state index contributed by atoms with van der Waals surface area (Å²) in [5.74, 6) is 0.200. The van der Waals surface area contributed by atoms with Crippen molar-refractivity contribution < 1.29 is 9.59 Å². The monoisotopic (exact) mass is 381 g/mol. The van der Waals surface area contributed by atoms with Crippen LogP contribution in [0, 0.1) is 6.92 Å². The van der Waals surface area contributed by atoms with Crippen molar-refractivity contribution in [1.82, 2.24) is 14.8 Å². The third-order valence-electron chi connectivity index (χ3n) is 4.30. The first-order valence-electron chi connectivity index (χ1n) is 8.40. The second kappa shape index (κ2) is 6.85. The van der Waals surface area contributed by atoms with Gasteiger partial charge < -0.3 is 5.32 Å². The number of halogens is 1. The van der Waals surface area contributed by atoms with Crippen molar-refractivity contribution >= 4 is 35.1 Å². The molecule has 7 nitrogen and oxygen atoms in total. The standard InChI is InChI=1S/C19H16ClN5O2/c1-11-6-8-12(9-7-11)17-22-19-23-18(27)15(25(19)24-17)10-16(26)21-14-5-3-2-4-13(14)20/h2-9,15H,10H2,1H3,(H,21,26)(H,22,23,24,27)/t15-/m1/s1. The first-order chi connectivity index (χ1) is 13.0. The Kier molecular flexibility index (Phi) is 4.37. The fraction of sp³-hybridized carbons (Fsp3) is 0.158. The largest absolute Gasteiger partial charge is 0.325 e. The second-order valence-electron chi connectivity index (χ2n) is 6.31. The number of anilines is 2. The molecular formula is C19H16ClN5O2. The van der Waals surface area contributed by atoms with Crippen LogP contribution in [0.4, 0.5) is 11.6 Å². The fourth-order valence-corrected chi connectivity index (χ4v) is 3.06. The summed E-state index contributed by atoms with van der Waals surface area (Å²) in [4.78, 5) is 29.0. The Morgan fingerprint density at radius 3 is 2.70 bits per heavy atom. The predicted octanol–water partition coefficient (Wildman–Crippen LogP) is 3.43. The van der Waals surface area contributed by atoms with E-state index in [9.17, 15) is 9.59 Å². The Balaban J connectivity index is 1.53. The van der Waals surface area contributed by atoms with Crippen molar-refractivity contribution in [2.75, 3.05) is 10.6 Å². The third-order valence-corrected chi connectivity index (χ3v) is 4.63. The molecule has 2 aromatic carbocycles. The van der Waals surface area contributed by atoms with Gasteiger partial charge in [-0.2, -0.15) is 4.98 Å². The molecule has 2 heterocycles. The quantitative estimate of drug-likeness (QED) is 0.724. The minimum absolute atomic E-state index is 0.0687. The molecule has 3 aromatic rings. The van der Waals surface area contributed by atoms with Crippen LogP contribution in [-0.2, 0) is 9.59 Å². The van der Waals surface area contributed by atoms with Gasteiger partial charge in [-0.1, -0.05) is 53.6 Å². The lowest BCUT2D eigenvalue weighted by Crippen LogP contribution is -2.23. The number of rotatable bonds is 4. The summed E-state index contributed by atoms with van der Waals surface area (Å²) in [6.45, 7) is 2.00. The Labute approximate surface area is 160 Å². The van der Waals surface area contributed by atoms with Crippen molar-refractivity contribution in [1.29, 1.82) is 0 Å². The Morgan fingerprint density at radius 2 is 1.96 bits per heavy atom. The number of aromatic nitrogens is 3. The van der Waals surface area contributed by atoms with Gasteiger partial charge in [0.15, 0.2) is 5.82 Å². The van der Waals surface area contributed by atoms with Gasteiger partial charge in [0.25, 0.3) is 5.91 Å². The molecule has 1 aromatic heterocycles. The van der Waals surface area contributed by atoms with Gasteiger partial charge >= 0.3 is 0 Å². The van der Waals surface area contributed by atoms with E-state index in [0.29, 0.717) is 22.5 Å². The lowest BCUT2D eigenvalue weighted by Gasteiger charge is -2.10. The molecule has 0 aliphatic carbocycles. The maximum Gasteiger partial charge on any atom is 0.252 e. The van der Waals surface area contributed by atoms with Gasteiger partial charge in [-0.05, 0) is 19.1 Å². The van der Waals surface area contributed by atoms with Crippen LogP contribution in [0.25, 0.3) is 11.4 Å². The highest BCUT2D eigenvalue weighted by molar-refractivity contribution is 6.33. The number of carbonyl (C=O) groups is 2. The van der Waals surface area contributed by atoms with Crippen LogP contribution in [0.2, 0.25) is 5.02 Å². The van der Waals surface area contributed by atoms with E-state index in [2.05, 4.69) is 20.7 Å². The van der Waals surface area contributed by atoms with Gasteiger partial charge in [0.1, 0.15) is 6.04 Å². The minimum atomic E-state index is -0.755. The van der Waals surface area contributed by atoms with Crippen LogP contribution in [0.3, 0.4) is 0 Å². The lowest BCUT2D eigenvalue weighted by atomic mass is 10.1. The summed E-state index contributed by atoms with van der Waals surface area (Å²) in [5.41, 5.74) is 2.48. The highest BCUT2D eigenvalue weighted by Gasteiger charge is 2.35. The summed E-state index contributed by atoms with van der Waals surface area (Å²) >= 11 is 6.06. The van der Waals surface area contributed by atoms with Crippen LogP contribution in [0.1, 0.15) is 18.0 Å². The second-order valence-corrected chi connectivity index (χ2v) is 6.71. The van der Waals surface area contributed by atoms with Gasteiger partial charge in [0.05, 0.1) is 17.1 Å². The molecule has 1 aliphatic rings. The van der Waals surface area contributed by atoms with Crippen molar-refractivity contribution in [2.45, 2.75) is 19.4 Å². The SMILES string of the molecule is Cc1ccc(-c2nc3n(n2)[C@H](CC(=O)Nc2ccccc2Cl)C(=O)N3)cc1. The van der Waals surface area contributed by atoms with Crippen LogP contribution in [-0.4, -0.2) is 26.6 Å². The summed E-state index contributed by atoms with van der Waals surface area (Å²) in [7, 11) is 0. The van der Waals surface area contributed by atoms with Gasteiger partial charge in [0.2, 0.25) is 11.9 Å². The molecule has 2 amide bonds. The fourth-order valence-electron chi connectivity index (χ4n) is 2.87. The van der Waals surface area contributed by atoms with E-state index in [1.165, 1.54) is 4.68 Å². The van der Waals surface area contributed by atoms with E-state index >= 15 is 0 Å². The number of hydrogen-bond donors (Lipinski definition) is 2. The number of aryl methyl sites for hydroxylation is 1. The van der Waals surface area contributed by atoms with Crippen LogP contribution in [0.15, 0.2) is 48.5 Å². The van der Waals surface area contributed by atoms with Crippen LogP contribution < -0.4 is 10.6 Å². The van der Waals surface area contributed by atoms with Gasteiger partial charge in [0, 0.05) is 5.56 Å². The van der Waals surface area contributed by atoms with Gasteiger partial charge in [-0.15, -0.1) is 5.10 Å². The molecule has 8 heteroatoms. The topological polar surface area (TPSA) is 88.9 Å². The average Bonchev–Trinajstić information content (AvgIpc) is 3.17. The zero-order chi connectivity index (χ0) is 19.0. The molecule has 2 N–H and O–H groups in total. The molecule has 0 spiro atoms. The molecule has 1 aliphatic heterocycles. The Morgan fingerprint density at radius 1 is 1.22 bits per heavy atom. The summed E-state index contributed by atoms with van der Waals surface area (Å²) in [6.07, 6.45) is -0.0687. The normalized spacial score (nSPS) is 15.3. The van der Waals surface area contributed by atoms with E-state index in [1.807, 2.05) is 31.2 Å². The zero-order valence-corrected chi connectivity index (χ0v) is 15.2. The first kappa shape index (κ1) is 17.2. The molecule has 0 unspecified atom stereocenters. The van der Waals surface area contributed by atoms with Gasteiger partial charge in [-0.3, -0.25) is 14.9 Å². The molecule has 0 radical (unpaired) electrons. The van der Waals surface area contributed by atoms with Crippen LogP contribution >= 0.6 is 11.6 Å². The van der Waals surface area contributed by atoms with Crippen molar-refractivity contribution in [2.24, 2.45) is 0 Å². The average molecular weight is 382 g/mol. The molecule has 27 heavy (non-hydrogen) atoms. The van der Waals surface area contributed by atoms with E-state index in [-0.39, 0.29) is 18.2 Å². The smallest absolute Gasteiger partial charge is 0.252 e. The predicted molar refractivity (Wildman–Crippen MR) is 103 cm³/mol. The zero-order valence-electron chi connectivity index (χ0n) is 14.4. The molecule has 0 fully saturated rings. The number of para-hydroxylation sites is 1. The molecule has 4 rings (SSSR count). The number of fused-ring (bicyclic) bond motifs is 1. The highest BCUT2D eigenvalue weighted by atomic mass is 35.5. The third kappa shape index (κ3) is 3.41. The number of nitrogens with zero attached hydrogens (tertiary/aromatic N) is 3. The van der Waals surface area contributed by atoms with E-state index < -0.39 is 6.04 Å². The molecule has 1 atom stereocenters. The molecule has 0 saturated carbocycles. The molecule has 136 valence electrons. The van der Waals surface area contributed by atoms with E-state index in [0.717, 1.165) is 11.1 Å². The maximum atomic E-state index is 12.4. The van der Waals surface area contributed by atoms with Crippen molar-refractivity contribution in [3.8, 4) is 11.4 Å². The Hall–Kier alpha value is -3.19. The van der Waals surface area contributed by atoms with E-state index in [4.69, 9.17) is 11.6 Å².